The van der Waals surface area contributed by atoms with Crippen LogP contribution < -0.4 is 0 Å². The van der Waals surface area contributed by atoms with Crippen molar-refractivity contribution >= 4 is 27.4 Å². The van der Waals surface area contributed by atoms with Crippen molar-refractivity contribution in [2.24, 2.45) is 0 Å². The molecule has 4 nitrogen and oxygen atoms in total. The second-order valence-corrected chi connectivity index (χ2v) is 6.92. The summed E-state index contributed by atoms with van der Waals surface area (Å²) in [5, 5.41) is 9.40. The Morgan fingerprint density at radius 3 is 2.19 bits per heavy atom. The Bertz CT molecular complexity index is 741. The molecule has 1 N–H and O–H groups in total. The minimum absolute atomic E-state index is 0.0474. The summed E-state index contributed by atoms with van der Waals surface area (Å²) in [5.41, 5.74) is 0.445. The lowest BCUT2D eigenvalue weighted by Crippen LogP contribution is -2.22. The molecule has 0 amide bonds. The quantitative estimate of drug-likeness (QED) is 0.917. The third kappa shape index (κ3) is 3.62. The first-order valence-corrected chi connectivity index (χ1v) is 8.20. The van der Waals surface area contributed by atoms with Gasteiger partial charge in [0, 0.05) is 0 Å². The molecule has 110 valence electrons. The molecule has 0 radical (unpaired) electrons. The number of carbonyl (C=O) groups is 1. The molecule has 2 aromatic rings. The van der Waals surface area contributed by atoms with E-state index in [1.165, 1.54) is 12.1 Å². The van der Waals surface area contributed by atoms with Crippen molar-refractivity contribution in [3.8, 4) is 0 Å². The topological polar surface area (TPSA) is 71.4 Å². The largest absolute Gasteiger partial charge is 0.481 e. The van der Waals surface area contributed by atoms with Crippen molar-refractivity contribution in [2.45, 2.75) is 10.8 Å². The number of halogens is 1. The third-order valence-corrected chi connectivity index (χ3v) is 5.30. The summed E-state index contributed by atoms with van der Waals surface area (Å²) < 4.78 is 24.8. The van der Waals surface area contributed by atoms with Gasteiger partial charge < -0.3 is 5.11 Å². The van der Waals surface area contributed by atoms with Crippen molar-refractivity contribution in [1.29, 1.82) is 0 Å². The third-order valence-electron chi connectivity index (χ3n) is 3.06. The molecule has 6 heteroatoms. The van der Waals surface area contributed by atoms with Crippen LogP contribution in [-0.2, 0) is 14.6 Å². The average Bonchev–Trinajstić information content (AvgIpc) is 2.46. The van der Waals surface area contributed by atoms with Gasteiger partial charge in [-0.05, 0) is 17.7 Å². The van der Waals surface area contributed by atoms with Gasteiger partial charge in [-0.25, -0.2) is 8.42 Å². The van der Waals surface area contributed by atoms with E-state index in [2.05, 4.69) is 0 Å². The van der Waals surface area contributed by atoms with E-state index in [1.807, 2.05) is 0 Å². The smallest absolute Gasteiger partial charge is 0.312 e. The minimum atomic E-state index is -3.80. The number of sulfone groups is 1. The van der Waals surface area contributed by atoms with Gasteiger partial charge in [-0.15, -0.1) is 0 Å². The van der Waals surface area contributed by atoms with E-state index in [1.54, 1.807) is 42.5 Å². The molecule has 1 atom stereocenters. The van der Waals surface area contributed by atoms with Gasteiger partial charge in [0.05, 0.1) is 21.6 Å². The minimum Gasteiger partial charge on any atom is -0.481 e. The number of carboxylic acids is 1. The van der Waals surface area contributed by atoms with Gasteiger partial charge in [0.2, 0.25) is 0 Å². The summed E-state index contributed by atoms with van der Waals surface area (Å²) in [6.45, 7) is 0. The Labute approximate surface area is 127 Å². The van der Waals surface area contributed by atoms with E-state index in [9.17, 15) is 18.3 Å². The van der Waals surface area contributed by atoms with E-state index < -0.39 is 27.5 Å². The summed E-state index contributed by atoms with van der Waals surface area (Å²) in [7, 11) is -3.80. The molecule has 2 rings (SSSR count). The molecule has 0 aromatic heterocycles. The maximum Gasteiger partial charge on any atom is 0.312 e. The highest BCUT2D eigenvalue weighted by Gasteiger charge is 2.29. The Kier molecular flexibility index (Phi) is 4.65. The molecule has 2 aromatic carbocycles. The Morgan fingerprint density at radius 2 is 1.62 bits per heavy atom. The summed E-state index contributed by atoms with van der Waals surface area (Å²) in [4.78, 5) is 11.3. The normalized spacial score (nSPS) is 12.8. The molecule has 0 heterocycles. The van der Waals surface area contributed by atoms with Crippen LogP contribution in [-0.4, -0.2) is 25.2 Å². The molecule has 21 heavy (non-hydrogen) atoms. The molecule has 0 saturated carbocycles. The van der Waals surface area contributed by atoms with Gasteiger partial charge >= 0.3 is 5.97 Å². The first-order valence-electron chi connectivity index (χ1n) is 6.17. The van der Waals surface area contributed by atoms with Gasteiger partial charge in [0.1, 0.15) is 0 Å². The van der Waals surface area contributed by atoms with Crippen LogP contribution in [0.25, 0.3) is 0 Å². The molecule has 0 fully saturated rings. The maximum atomic E-state index is 12.4. The van der Waals surface area contributed by atoms with Gasteiger partial charge in [-0.2, -0.15) is 0 Å². The second-order valence-electron chi connectivity index (χ2n) is 4.51. The summed E-state index contributed by atoms with van der Waals surface area (Å²) >= 11 is 5.89. The number of rotatable bonds is 5. The molecular formula is C15H13ClO4S. The Morgan fingerprint density at radius 1 is 1.05 bits per heavy atom. The Balaban J connectivity index is 2.38. The van der Waals surface area contributed by atoms with Crippen LogP contribution in [0.2, 0.25) is 5.02 Å². The standard InChI is InChI=1S/C15H13ClO4S/c16-13-8-4-5-9-14(13)21(19,20)10-12(15(17)18)11-6-2-1-3-7-11/h1-9,12H,10H2,(H,17,18). The molecule has 0 aliphatic heterocycles. The van der Waals surface area contributed by atoms with Gasteiger partial charge in [0.25, 0.3) is 0 Å². The van der Waals surface area contributed by atoms with Crippen LogP contribution in [0, 0.1) is 0 Å². The first kappa shape index (κ1) is 15.5. The van der Waals surface area contributed by atoms with E-state index in [-0.39, 0.29) is 9.92 Å². The van der Waals surface area contributed by atoms with E-state index in [4.69, 9.17) is 11.6 Å². The fourth-order valence-electron chi connectivity index (χ4n) is 2.00. The highest BCUT2D eigenvalue weighted by Crippen LogP contribution is 2.26. The van der Waals surface area contributed by atoms with Crippen molar-refractivity contribution in [2.75, 3.05) is 5.75 Å². The second kappa shape index (κ2) is 6.28. The number of carboxylic acid groups (broad SMARTS) is 1. The lowest BCUT2D eigenvalue weighted by molar-refractivity contribution is -0.138. The molecule has 1 unspecified atom stereocenters. The average molecular weight is 325 g/mol. The summed E-state index contributed by atoms with van der Waals surface area (Å²) in [6.07, 6.45) is 0. The van der Waals surface area contributed by atoms with Crippen molar-refractivity contribution < 1.29 is 18.3 Å². The predicted octanol–water partition coefficient (Wildman–Crippen LogP) is 2.98. The van der Waals surface area contributed by atoms with Crippen LogP contribution in [0.4, 0.5) is 0 Å². The van der Waals surface area contributed by atoms with Gasteiger partial charge in [-0.3, -0.25) is 4.79 Å². The summed E-state index contributed by atoms with van der Waals surface area (Å²) in [6, 6.07) is 14.3. The molecule has 0 spiro atoms. The fraction of sp³-hybridized carbons (Fsp3) is 0.133. The monoisotopic (exact) mass is 324 g/mol. The SMILES string of the molecule is O=C(O)C(CS(=O)(=O)c1ccccc1Cl)c1ccccc1. The molecular weight excluding hydrogens is 312 g/mol. The van der Waals surface area contributed by atoms with E-state index in [0.717, 1.165) is 0 Å². The number of benzene rings is 2. The number of aliphatic carboxylic acids is 1. The highest BCUT2D eigenvalue weighted by molar-refractivity contribution is 7.91. The number of hydrogen-bond donors (Lipinski definition) is 1. The zero-order valence-electron chi connectivity index (χ0n) is 10.9. The fourth-order valence-corrected chi connectivity index (χ4v) is 4.09. The lowest BCUT2D eigenvalue weighted by atomic mass is 10.0. The molecule has 0 saturated heterocycles. The number of hydrogen-bond acceptors (Lipinski definition) is 3. The van der Waals surface area contributed by atoms with Crippen LogP contribution in [0.1, 0.15) is 11.5 Å². The predicted molar refractivity (Wildman–Crippen MR) is 80.3 cm³/mol. The first-order chi connectivity index (χ1) is 9.92. The maximum absolute atomic E-state index is 12.4. The van der Waals surface area contributed by atoms with Crippen LogP contribution in [0.3, 0.4) is 0 Å². The molecule has 0 aliphatic rings. The lowest BCUT2D eigenvalue weighted by Gasteiger charge is -2.14. The van der Waals surface area contributed by atoms with Crippen molar-refractivity contribution in [3.05, 3.63) is 65.2 Å². The van der Waals surface area contributed by atoms with Crippen LogP contribution in [0.15, 0.2) is 59.5 Å². The highest BCUT2D eigenvalue weighted by atomic mass is 35.5. The zero-order chi connectivity index (χ0) is 15.5. The van der Waals surface area contributed by atoms with Gasteiger partial charge in [0.15, 0.2) is 9.84 Å². The van der Waals surface area contributed by atoms with Crippen molar-refractivity contribution in [1.82, 2.24) is 0 Å². The van der Waals surface area contributed by atoms with E-state index in [0.29, 0.717) is 5.56 Å². The van der Waals surface area contributed by atoms with E-state index >= 15 is 0 Å². The Hall–Kier alpha value is -1.85. The molecule has 0 bridgehead atoms. The van der Waals surface area contributed by atoms with Crippen LogP contribution >= 0.6 is 11.6 Å². The van der Waals surface area contributed by atoms with Gasteiger partial charge in [-0.1, -0.05) is 54.1 Å². The molecule has 0 aliphatic carbocycles. The van der Waals surface area contributed by atoms with Crippen molar-refractivity contribution in [3.63, 3.8) is 0 Å². The van der Waals surface area contributed by atoms with Crippen LogP contribution in [0.5, 0.6) is 0 Å². The summed E-state index contributed by atoms with van der Waals surface area (Å²) in [5.74, 6) is -2.85. The zero-order valence-corrected chi connectivity index (χ0v) is 12.5.